The molecule has 0 amide bonds. The van der Waals surface area contributed by atoms with Crippen molar-refractivity contribution in [2.45, 2.75) is 12.8 Å². The lowest BCUT2D eigenvalue weighted by Gasteiger charge is -2.29. The molecule has 0 fully saturated rings. The van der Waals surface area contributed by atoms with E-state index in [9.17, 15) is 9.90 Å². The van der Waals surface area contributed by atoms with Crippen molar-refractivity contribution < 1.29 is 24.5 Å². The quantitative estimate of drug-likeness (QED) is 0.859. The molecule has 104 valence electrons. The highest BCUT2D eigenvalue weighted by Gasteiger charge is 2.25. The number of rotatable bonds is 3. The third kappa shape index (κ3) is 2.21. The molecule has 2 aliphatic heterocycles. The van der Waals surface area contributed by atoms with E-state index in [2.05, 4.69) is 0 Å². The van der Waals surface area contributed by atoms with E-state index in [0.29, 0.717) is 18.0 Å². The Morgan fingerprint density at radius 1 is 1.35 bits per heavy atom. The summed E-state index contributed by atoms with van der Waals surface area (Å²) < 4.78 is 10.5. The molecule has 6 heteroatoms. The van der Waals surface area contributed by atoms with Crippen molar-refractivity contribution in [2.75, 3.05) is 6.79 Å². The molecule has 0 spiro atoms. The fourth-order valence-electron chi connectivity index (χ4n) is 2.17. The number of allylic oxidation sites excluding steroid dienone is 2. The summed E-state index contributed by atoms with van der Waals surface area (Å²) in [6, 6.07) is 5.47. The lowest BCUT2D eigenvalue weighted by atomic mass is 10.1. The number of nitrogens with zero attached hydrogens (tertiary/aromatic N) is 1. The highest BCUT2D eigenvalue weighted by atomic mass is 16.7. The molecule has 3 rings (SSSR count). The normalized spacial score (nSPS) is 19.9. The van der Waals surface area contributed by atoms with Crippen molar-refractivity contribution in [3.63, 3.8) is 0 Å². The van der Waals surface area contributed by atoms with Gasteiger partial charge in [-0.15, -0.1) is 0 Å². The molecule has 6 nitrogen and oxygen atoms in total. The van der Waals surface area contributed by atoms with Crippen molar-refractivity contribution in [3.8, 4) is 11.5 Å². The van der Waals surface area contributed by atoms with Crippen molar-refractivity contribution in [1.82, 2.24) is 4.90 Å². The van der Waals surface area contributed by atoms with Crippen molar-refractivity contribution in [2.24, 2.45) is 0 Å². The van der Waals surface area contributed by atoms with Crippen LogP contribution < -0.4 is 9.47 Å². The zero-order valence-electron chi connectivity index (χ0n) is 10.5. The highest BCUT2D eigenvalue weighted by molar-refractivity contribution is 5.88. The van der Waals surface area contributed by atoms with Gasteiger partial charge < -0.3 is 24.6 Å². The van der Waals surface area contributed by atoms with Gasteiger partial charge in [0.05, 0.1) is 5.57 Å². The monoisotopic (exact) mass is 275 g/mol. The third-order valence-electron chi connectivity index (χ3n) is 3.19. The second-order valence-corrected chi connectivity index (χ2v) is 4.50. The van der Waals surface area contributed by atoms with E-state index < -0.39 is 12.2 Å². The Morgan fingerprint density at radius 2 is 2.15 bits per heavy atom. The minimum absolute atomic E-state index is 0.0479. The molecule has 0 saturated heterocycles. The first-order valence-electron chi connectivity index (χ1n) is 6.09. The molecule has 2 N–H and O–H groups in total. The predicted octanol–water partition coefficient (Wildman–Crippen LogP) is 1.07. The lowest BCUT2D eigenvalue weighted by Crippen LogP contribution is -2.36. The molecule has 1 aromatic carbocycles. The molecule has 20 heavy (non-hydrogen) atoms. The summed E-state index contributed by atoms with van der Waals surface area (Å²) in [4.78, 5) is 12.5. The zero-order chi connectivity index (χ0) is 14.1. The van der Waals surface area contributed by atoms with Crippen LogP contribution in [0.25, 0.3) is 0 Å². The fraction of sp³-hybridized carbons (Fsp3) is 0.214. The van der Waals surface area contributed by atoms with Crippen molar-refractivity contribution in [3.05, 3.63) is 47.7 Å². The predicted molar refractivity (Wildman–Crippen MR) is 69.0 cm³/mol. The first-order chi connectivity index (χ1) is 9.65. The van der Waals surface area contributed by atoms with E-state index in [-0.39, 0.29) is 12.4 Å². The summed E-state index contributed by atoms with van der Waals surface area (Å²) in [6.45, 7) is 0.579. The van der Waals surface area contributed by atoms with Crippen LogP contribution in [0.3, 0.4) is 0 Å². The maximum absolute atomic E-state index is 11.0. The summed E-state index contributed by atoms with van der Waals surface area (Å²) in [7, 11) is 0. The number of carbonyl (C=O) groups is 1. The largest absolute Gasteiger partial charge is 0.478 e. The second kappa shape index (κ2) is 4.90. The number of carboxylic acids is 1. The Labute approximate surface area is 115 Å². The molecular weight excluding hydrogens is 262 g/mol. The van der Waals surface area contributed by atoms with Gasteiger partial charge in [-0.2, -0.15) is 0 Å². The Balaban J connectivity index is 1.77. The molecule has 0 radical (unpaired) electrons. The molecule has 0 aliphatic carbocycles. The zero-order valence-corrected chi connectivity index (χ0v) is 10.5. The van der Waals surface area contributed by atoms with Crippen LogP contribution in [-0.2, 0) is 11.3 Å². The van der Waals surface area contributed by atoms with E-state index in [1.165, 1.54) is 6.08 Å². The minimum Gasteiger partial charge on any atom is -0.478 e. The van der Waals surface area contributed by atoms with E-state index in [0.717, 1.165) is 5.56 Å². The van der Waals surface area contributed by atoms with Gasteiger partial charge in [0, 0.05) is 12.7 Å². The number of benzene rings is 1. The van der Waals surface area contributed by atoms with Gasteiger partial charge in [0.1, 0.15) is 0 Å². The summed E-state index contributed by atoms with van der Waals surface area (Å²) in [6.07, 6.45) is 3.48. The summed E-state index contributed by atoms with van der Waals surface area (Å²) in [5, 5.41) is 19.0. The molecule has 1 atom stereocenters. The molecule has 2 aliphatic rings. The Hall–Kier alpha value is -2.47. The van der Waals surface area contributed by atoms with Gasteiger partial charge in [-0.05, 0) is 29.8 Å². The van der Waals surface area contributed by atoms with E-state index in [1.807, 2.05) is 12.1 Å². The van der Waals surface area contributed by atoms with Crippen LogP contribution >= 0.6 is 0 Å². The lowest BCUT2D eigenvalue weighted by molar-refractivity contribution is -0.135. The maximum Gasteiger partial charge on any atom is 0.336 e. The van der Waals surface area contributed by atoms with Gasteiger partial charge in [0.15, 0.2) is 17.7 Å². The number of aliphatic hydroxyl groups excluding tert-OH is 1. The summed E-state index contributed by atoms with van der Waals surface area (Å²) in [5.74, 6) is 0.221. The number of aliphatic carboxylic acids is 1. The average molecular weight is 275 g/mol. The average Bonchev–Trinajstić information content (AvgIpc) is 2.88. The van der Waals surface area contributed by atoms with Crippen LogP contribution in [0.2, 0.25) is 0 Å². The number of hydrogen-bond donors (Lipinski definition) is 2. The first kappa shape index (κ1) is 12.6. The van der Waals surface area contributed by atoms with Crippen LogP contribution in [0.15, 0.2) is 42.1 Å². The molecule has 1 aromatic rings. The van der Waals surface area contributed by atoms with Crippen LogP contribution in [-0.4, -0.2) is 34.1 Å². The standard InChI is InChI=1S/C14H13NO5/c16-13-10(14(17)18)2-1-5-15(13)7-9-3-4-11-12(6-9)20-8-19-11/h1-6,13,16H,7-8H2,(H,17,18). The van der Waals surface area contributed by atoms with Crippen LogP contribution in [0.5, 0.6) is 11.5 Å². The topological polar surface area (TPSA) is 79.2 Å². The SMILES string of the molecule is O=C(O)C1=CC=CN(Cc2ccc3c(c2)OCO3)C1O. The number of ether oxygens (including phenoxy) is 2. The van der Waals surface area contributed by atoms with Crippen LogP contribution in [0.4, 0.5) is 0 Å². The van der Waals surface area contributed by atoms with Gasteiger partial charge in [-0.1, -0.05) is 6.07 Å². The molecular formula is C14H13NO5. The van der Waals surface area contributed by atoms with Gasteiger partial charge in [0.25, 0.3) is 0 Å². The molecule has 0 aromatic heterocycles. The number of fused-ring (bicyclic) bond motifs is 1. The van der Waals surface area contributed by atoms with Crippen LogP contribution in [0, 0.1) is 0 Å². The Bertz CT molecular complexity index is 608. The van der Waals surface area contributed by atoms with Gasteiger partial charge >= 0.3 is 5.97 Å². The minimum atomic E-state index is -1.16. The number of hydrogen-bond acceptors (Lipinski definition) is 5. The molecule has 2 heterocycles. The van der Waals surface area contributed by atoms with Gasteiger partial charge in [0.2, 0.25) is 6.79 Å². The maximum atomic E-state index is 11.0. The van der Waals surface area contributed by atoms with E-state index >= 15 is 0 Å². The fourth-order valence-corrected chi connectivity index (χ4v) is 2.17. The second-order valence-electron chi connectivity index (χ2n) is 4.50. The molecule has 0 saturated carbocycles. The van der Waals surface area contributed by atoms with Crippen LogP contribution in [0.1, 0.15) is 5.56 Å². The Morgan fingerprint density at radius 3 is 2.95 bits per heavy atom. The first-order valence-corrected chi connectivity index (χ1v) is 6.09. The van der Waals surface area contributed by atoms with Crippen molar-refractivity contribution >= 4 is 5.97 Å². The Kier molecular flexibility index (Phi) is 3.08. The van der Waals surface area contributed by atoms with Crippen molar-refractivity contribution in [1.29, 1.82) is 0 Å². The third-order valence-corrected chi connectivity index (χ3v) is 3.19. The van der Waals surface area contributed by atoms with E-state index in [4.69, 9.17) is 14.6 Å². The smallest absolute Gasteiger partial charge is 0.336 e. The highest BCUT2D eigenvalue weighted by Crippen LogP contribution is 2.33. The molecule has 1 unspecified atom stereocenters. The molecule has 0 bridgehead atoms. The number of aliphatic hydroxyl groups is 1. The summed E-state index contributed by atoms with van der Waals surface area (Å²) >= 11 is 0. The summed E-state index contributed by atoms with van der Waals surface area (Å²) in [5.41, 5.74) is 0.845. The number of carboxylic acid groups (broad SMARTS) is 1. The van der Waals surface area contributed by atoms with E-state index in [1.54, 1.807) is 23.2 Å². The van der Waals surface area contributed by atoms with Gasteiger partial charge in [-0.3, -0.25) is 0 Å². The van der Waals surface area contributed by atoms with Gasteiger partial charge in [-0.25, -0.2) is 4.79 Å².